The van der Waals surface area contributed by atoms with Gasteiger partial charge in [0.1, 0.15) is 0 Å². The number of hydrogen-bond acceptors (Lipinski definition) is 5. The second-order valence-electron chi connectivity index (χ2n) is 5.39. The Bertz CT molecular complexity index is 899. The Balaban J connectivity index is 1.50. The lowest BCUT2D eigenvalue weighted by atomic mass is 10.2. The number of carbonyl (C=O) groups is 2. The number of hydrogen-bond donors (Lipinski definition) is 2. The monoisotopic (exact) mass is 338 g/mol. The Kier molecular flexibility index (Phi) is 3.70. The molecule has 1 aromatic carbocycles. The van der Waals surface area contributed by atoms with Crippen molar-refractivity contribution < 1.29 is 18.4 Å². The summed E-state index contributed by atoms with van der Waals surface area (Å²) in [6, 6.07) is 10.3. The molecule has 1 aliphatic heterocycles. The predicted molar refractivity (Wildman–Crippen MR) is 89.3 cm³/mol. The van der Waals surface area contributed by atoms with Crippen LogP contribution in [0.5, 0.6) is 0 Å². The molecular weight excluding hydrogens is 324 g/mol. The van der Waals surface area contributed by atoms with E-state index in [1.807, 2.05) is 0 Å². The van der Waals surface area contributed by atoms with Crippen molar-refractivity contribution in [2.75, 3.05) is 23.3 Å². The quantitative estimate of drug-likeness (QED) is 0.762. The van der Waals surface area contributed by atoms with Crippen molar-refractivity contribution in [1.29, 1.82) is 0 Å². The summed E-state index contributed by atoms with van der Waals surface area (Å²) >= 11 is 0. The first kappa shape index (κ1) is 15.0. The van der Waals surface area contributed by atoms with Gasteiger partial charge in [0.25, 0.3) is 5.91 Å². The fourth-order valence-corrected chi connectivity index (χ4v) is 2.62. The van der Waals surface area contributed by atoms with Crippen LogP contribution in [0.4, 0.5) is 16.2 Å². The van der Waals surface area contributed by atoms with E-state index in [0.717, 1.165) is 5.69 Å². The van der Waals surface area contributed by atoms with Crippen LogP contribution in [0.25, 0.3) is 11.5 Å². The predicted octanol–water partition coefficient (Wildman–Crippen LogP) is 2.72. The van der Waals surface area contributed by atoms with Gasteiger partial charge in [0.2, 0.25) is 5.76 Å². The molecular formula is C17H14N4O4. The number of furan rings is 1. The molecule has 8 nitrogen and oxygen atoms in total. The van der Waals surface area contributed by atoms with Crippen molar-refractivity contribution >= 4 is 23.3 Å². The first-order valence-electron chi connectivity index (χ1n) is 7.66. The molecule has 126 valence electrons. The Morgan fingerprint density at radius 1 is 1.20 bits per heavy atom. The molecule has 1 aliphatic rings. The van der Waals surface area contributed by atoms with Gasteiger partial charge in [0.15, 0.2) is 17.8 Å². The zero-order chi connectivity index (χ0) is 17.2. The summed E-state index contributed by atoms with van der Waals surface area (Å²) in [6.45, 7) is 1.25. The van der Waals surface area contributed by atoms with E-state index in [9.17, 15) is 9.59 Å². The Labute approximate surface area is 142 Å². The van der Waals surface area contributed by atoms with E-state index in [2.05, 4.69) is 15.6 Å². The van der Waals surface area contributed by atoms with Gasteiger partial charge in [-0.15, -0.1) is 0 Å². The molecule has 0 aliphatic carbocycles. The van der Waals surface area contributed by atoms with Crippen molar-refractivity contribution in [3.05, 3.63) is 54.7 Å². The third-order valence-electron chi connectivity index (χ3n) is 3.82. The smallest absolute Gasteiger partial charge is 0.321 e. The Hall–Kier alpha value is -3.55. The number of rotatable bonds is 4. The topological polar surface area (TPSA) is 101 Å². The molecule has 0 bridgehead atoms. The first-order chi connectivity index (χ1) is 12.2. The van der Waals surface area contributed by atoms with Crippen LogP contribution < -0.4 is 15.5 Å². The molecule has 0 spiro atoms. The van der Waals surface area contributed by atoms with Gasteiger partial charge < -0.3 is 19.5 Å². The minimum Gasteiger partial charge on any atom is -0.461 e. The second kappa shape index (κ2) is 6.16. The van der Waals surface area contributed by atoms with Gasteiger partial charge in [-0.3, -0.25) is 9.69 Å². The maximum Gasteiger partial charge on any atom is 0.321 e. The van der Waals surface area contributed by atoms with Gasteiger partial charge in [-0.2, -0.15) is 0 Å². The third kappa shape index (κ3) is 2.85. The van der Waals surface area contributed by atoms with E-state index >= 15 is 0 Å². The number of benzene rings is 1. The largest absolute Gasteiger partial charge is 0.461 e. The van der Waals surface area contributed by atoms with Crippen molar-refractivity contribution in [3.8, 4) is 11.5 Å². The Morgan fingerprint density at radius 3 is 2.72 bits per heavy atom. The normalized spacial score (nSPS) is 13.8. The summed E-state index contributed by atoms with van der Waals surface area (Å²) in [6.07, 6.45) is 2.69. The molecule has 1 saturated heterocycles. The average Bonchev–Trinajstić information content (AvgIpc) is 3.36. The highest BCUT2D eigenvalue weighted by Crippen LogP contribution is 2.25. The summed E-state index contributed by atoms with van der Waals surface area (Å²) in [7, 11) is 0. The first-order valence-corrected chi connectivity index (χ1v) is 7.66. The fourth-order valence-electron chi connectivity index (χ4n) is 2.62. The van der Waals surface area contributed by atoms with Gasteiger partial charge in [0, 0.05) is 24.5 Å². The summed E-state index contributed by atoms with van der Waals surface area (Å²) < 4.78 is 10.5. The molecule has 2 N–H and O–H groups in total. The van der Waals surface area contributed by atoms with E-state index in [1.165, 1.54) is 12.7 Å². The molecule has 1 fully saturated rings. The van der Waals surface area contributed by atoms with Gasteiger partial charge in [-0.25, -0.2) is 9.78 Å². The fraction of sp³-hybridized carbons (Fsp3) is 0.118. The molecule has 8 heteroatoms. The van der Waals surface area contributed by atoms with Crippen molar-refractivity contribution in [2.45, 2.75) is 0 Å². The van der Waals surface area contributed by atoms with E-state index in [4.69, 9.17) is 8.83 Å². The molecule has 0 radical (unpaired) electrons. The zero-order valence-corrected chi connectivity index (χ0v) is 13.1. The molecule has 3 heterocycles. The van der Waals surface area contributed by atoms with Gasteiger partial charge in [-0.05, 0) is 36.4 Å². The Morgan fingerprint density at radius 2 is 2.04 bits per heavy atom. The molecule has 0 unspecified atom stereocenters. The lowest BCUT2D eigenvalue weighted by molar-refractivity contribution is 0.102. The van der Waals surface area contributed by atoms with Crippen molar-refractivity contribution in [2.24, 2.45) is 0 Å². The van der Waals surface area contributed by atoms with E-state index in [0.29, 0.717) is 24.5 Å². The maximum absolute atomic E-state index is 12.4. The van der Waals surface area contributed by atoms with Gasteiger partial charge in [-0.1, -0.05) is 0 Å². The highest BCUT2D eigenvalue weighted by Gasteiger charge is 2.22. The van der Waals surface area contributed by atoms with Crippen LogP contribution in [0.2, 0.25) is 0 Å². The van der Waals surface area contributed by atoms with E-state index < -0.39 is 5.91 Å². The van der Waals surface area contributed by atoms with Crippen LogP contribution in [0.3, 0.4) is 0 Å². The molecule has 4 rings (SSSR count). The number of anilines is 2. The van der Waals surface area contributed by atoms with Gasteiger partial charge >= 0.3 is 6.03 Å². The summed E-state index contributed by atoms with van der Waals surface area (Å²) in [5.41, 5.74) is 1.49. The minimum absolute atomic E-state index is 0.123. The highest BCUT2D eigenvalue weighted by atomic mass is 16.4. The SMILES string of the molecule is O=C(Nc1ccc(N2CCNC2=O)cc1)c1ncoc1-c1ccco1. The maximum atomic E-state index is 12.4. The highest BCUT2D eigenvalue weighted by molar-refractivity contribution is 6.06. The number of oxazole rings is 1. The molecule has 0 saturated carbocycles. The molecule has 2 aromatic heterocycles. The number of amides is 3. The van der Waals surface area contributed by atoms with Gasteiger partial charge in [0.05, 0.1) is 6.26 Å². The second-order valence-corrected chi connectivity index (χ2v) is 5.39. The van der Waals surface area contributed by atoms with Crippen molar-refractivity contribution in [3.63, 3.8) is 0 Å². The summed E-state index contributed by atoms with van der Waals surface area (Å²) in [5, 5.41) is 5.50. The van der Waals surface area contributed by atoms with E-state index in [-0.39, 0.29) is 17.5 Å². The van der Waals surface area contributed by atoms with Crippen LogP contribution in [0.15, 0.2) is 57.9 Å². The molecule has 0 atom stereocenters. The van der Waals surface area contributed by atoms with Crippen LogP contribution in [0.1, 0.15) is 10.5 Å². The zero-order valence-electron chi connectivity index (χ0n) is 13.1. The lowest BCUT2D eigenvalue weighted by Crippen LogP contribution is -2.27. The van der Waals surface area contributed by atoms with E-state index in [1.54, 1.807) is 41.3 Å². The number of aromatic nitrogens is 1. The summed E-state index contributed by atoms with van der Waals surface area (Å²) in [5.74, 6) is 0.290. The number of carbonyl (C=O) groups excluding carboxylic acids is 2. The lowest BCUT2D eigenvalue weighted by Gasteiger charge is -2.14. The van der Waals surface area contributed by atoms with Crippen LogP contribution in [-0.4, -0.2) is 30.0 Å². The standard InChI is InChI=1S/C17H14N4O4/c22-16(14-15(25-10-19-14)13-2-1-9-24-13)20-11-3-5-12(6-4-11)21-8-7-18-17(21)23/h1-6,9-10H,7-8H2,(H,18,23)(H,20,22). The summed E-state index contributed by atoms with van der Waals surface area (Å²) in [4.78, 5) is 29.7. The number of nitrogens with zero attached hydrogens (tertiary/aromatic N) is 2. The van der Waals surface area contributed by atoms with Crippen LogP contribution in [0, 0.1) is 0 Å². The molecule has 3 amide bonds. The number of nitrogens with one attached hydrogen (secondary N) is 2. The van der Waals surface area contributed by atoms with Crippen LogP contribution in [-0.2, 0) is 0 Å². The van der Waals surface area contributed by atoms with Crippen LogP contribution >= 0.6 is 0 Å². The third-order valence-corrected chi connectivity index (χ3v) is 3.82. The van der Waals surface area contributed by atoms with Crippen molar-refractivity contribution in [1.82, 2.24) is 10.3 Å². The minimum atomic E-state index is -0.410. The molecule has 25 heavy (non-hydrogen) atoms. The number of urea groups is 1. The molecule has 3 aromatic rings. The average molecular weight is 338 g/mol.